The lowest BCUT2D eigenvalue weighted by atomic mass is 10.1. The van der Waals surface area contributed by atoms with E-state index < -0.39 is 5.91 Å². The van der Waals surface area contributed by atoms with Gasteiger partial charge in [0.25, 0.3) is 5.91 Å². The molecule has 1 amide bonds. The Morgan fingerprint density at radius 1 is 1.29 bits per heavy atom. The Labute approximate surface area is 128 Å². The number of hydrogen-bond donors (Lipinski definition) is 3. The molecule has 0 spiro atoms. The molecule has 110 valence electrons. The van der Waals surface area contributed by atoms with Crippen LogP contribution in [0.4, 0.5) is 11.4 Å². The number of nitrogens with two attached hydrogens (primary N) is 1. The van der Waals surface area contributed by atoms with E-state index in [4.69, 9.17) is 18.0 Å². The minimum absolute atomic E-state index is 0.154. The van der Waals surface area contributed by atoms with Crippen molar-refractivity contribution < 1.29 is 4.79 Å². The molecule has 21 heavy (non-hydrogen) atoms. The van der Waals surface area contributed by atoms with Gasteiger partial charge >= 0.3 is 0 Å². The lowest BCUT2D eigenvalue weighted by Crippen LogP contribution is -2.21. The number of amides is 1. The van der Waals surface area contributed by atoms with Crippen LogP contribution in [0.25, 0.3) is 0 Å². The van der Waals surface area contributed by atoms with Crippen molar-refractivity contribution in [2.45, 2.75) is 13.8 Å². The summed E-state index contributed by atoms with van der Waals surface area (Å²) >= 11 is 5.24. The Morgan fingerprint density at radius 3 is 2.62 bits per heavy atom. The fraction of sp³-hybridized carbons (Fsp3) is 0.214. The summed E-state index contributed by atoms with van der Waals surface area (Å²) in [6.45, 7) is 4.08. The molecule has 1 aromatic carbocycles. The van der Waals surface area contributed by atoms with Crippen LogP contribution in [0.3, 0.4) is 0 Å². The number of aromatic nitrogens is 2. The molecule has 1 heterocycles. The topological polar surface area (TPSA) is 85.0 Å². The molecule has 0 fully saturated rings. The van der Waals surface area contributed by atoms with E-state index >= 15 is 0 Å². The molecule has 0 aliphatic carbocycles. The van der Waals surface area contributed by atoms with Crippen molar-refractivity contribution in [3.05, 3.63) is 41.2 Å². The molecule has 1 aromatic heterocycles. The Kier molecular flexibility index (Phi) is 4.23. The van der Waals surface area contributed by atoms with Gasteiger partial charge < -0.3 is 16.4 Å². The lowest BCUT2D eigenvalue weighted by Gasteiger charge is -2.11. The number of thiocarbonyl (C=S) groups is 1. The number of nitrogens with zero attached hydrogens (tertiary/aromatic N) is 2. The second kappa shape index (κ2) is 5.92. The van der Waals surface area contributed by atoms with Gasteiger partial charge in [-0.05, 0) is 49.3 Å². The van der Waals surface area contributed by atoms with Gasteiger partial charge in [-0.1, -0.05) is 6.07 Å². The smallest absolute Gasteiger partial charge is 0.271 e. The highest BCUT2D eigenvalue weighted by Crippen LogP contribution is 2.16. The fourth-order valence-corrected chi connectivity index (χ4v) is 2.09. The van der Waals surface area contributed by atoms with Crippen molar-refractivity contribution in [1.82, 2.24) is 9.78 Å². The quantitative estimate of drug-likeness (QED) is 0.755. The predicted octanol–water partition coefficient (Wildman–Crippen LogP) is 1.94. The van der Waals surface area contributed by atoms with Crippen molar-refractivity contribution in [2.24, 2.45) is 12.8 Å². The predicted molar refractivity (Wildman–Crippen MR) is 87.5 cm³/mol. The summed E-state index contributed by atoms with van der Waals surface area (Å²) < 4.78 is 1.50. The molecule has 4 N–H and O–H groups in total. The maximum atomic E-state index is 11.3. The van der Waals surface area contributed by atoms with E-state index in [0.29, 0.717) is 10.8 Å². The summed E-state index contributed by atoms with van der Waals surface area (Å²) in [4.78, 5) is 11.3. The van der Waals surface area contributed by atoms with Crippen LogP contribution in [-0.2, 0) is 7.05 Å². The van der Waals surface area contributed by atoms with Gasteiger partial charge in [-0.3, -0.25) is 9.48 Å². The van der Waals surface area contributed by atoms with Gasteiger partial charge in [0.2, 0.25) is 0 Å². The standard InChI is InChI=1S/C14H17N5OS/c1-8-4-5-10(6-9(8)2)16-14(21)17-11-7-19(3)18-12(11)13(15)20/h4-7H,1-3H3,(H2,15,20)(H2,16,17,21). The molecule has 0 radical (unpaired) electrons. The molecule has 2 aromatic rings. The van der Waals surface area contributed by atoms with Gasteiger partial charge in [0.05, 0.1) is 5.69 Å². The van der Waals surface area contributed by atoms with Crippen LogP contribution in [-0.4, -0.2) is 20.8 Å². The van der Waals surface area contributed by atoms with Crippen LogP contribution in [0.15, 0.2) is 24.4 Å². The number of nitrogens with one attached hydrogen (secondary N) is 2. The van der Waals surface area contributed by atoms with Crippen LogP contribution < -0.4 is 16.4 Å². The van der Waals surface area contributed by atoms with E-state index in [0.717, 1.165) is 5.69 Å². The first-order valence-electron chi connectivity index (χ1n) is 6.35. The summed E-state index contributed by atoms with van der Waals surface area (Å²) in [6, 6.07) is 5.95. The third kappa shape index (κ3) is 3.57. The van der Waals surface area contributed by atoms with E-state index in [1.807, 2.05) is 32.0 Å². The van der Waals surface area contributed by atoms with Crippen LogP contribution >= 0.6 is 12.2 Å². The Balaban J connectivity index is 2.11. The molecule has 0 bridgehead atoms. The second-order valence-electron chi connectivity index (χ2n) is 4.81. The lowest BCUT2D eigenvalue weighted by molar-refractivity contribution is 0.0995. The number of anilines is 2. The van der Waals surface area contributed by atoms with Gasteiger partial charge in [-0.25, -0.2) is 0 Å². The highest BCUT2D eigenvalue weighted by atomic mass is 32.1. The number of carbonyl (C=O) groups excluding carboxylic acids is 1. The van der Waals surface area contributed by atoms with E-state index in [9.17, 15) is 4.79 Å². The third-order valence-electron chi connectivity index (χ3n) is 3.08. The number of carbonyl (C=O) groups is 1. The zero-order valence-electron chi connectivity index (χ0n) is 12.1. The van der Waals surface area contributed by atoms with Gasteiger partial charge in [-0.2, -0.15) is 5.10 Å². The zero-order valence-corrected chi connectivity index (χ0v) is 12.9. The molecule has 0 saturated carbocycles. The van der Waals surface area contributed by atoms with Crippen molar-refractivity contribution in [2.75, 3.05) is 10.6 Å². The fourth-order valence-electron chi connectivity index (χ4n) is 1.87. The van der Waals surface area contributed by atoms with Crippen molar-refractivity contribution in [1.29, 1.82) is 0 Å². The summed E-state index contributed by atoms with van der Waals surface area (Å²) in [7, 11) is 1.71. The number of primary amides is 1. The first-order valence-corrected chi connectivity index (χ1v) is 6.76. The number of aryl methyl sites for hydroxylation is 3. The summed E-state index contributed by atoms with van der Waals surface area (Å²) in [5.74, 6) is -0.605. The first kappa shape index (κ1) is 15.0. The highest BCUT2D eigenvalue weighted by molar-refractivity contribution is 7.80. The maximum Gasteiger partial charge on any atom is 0.271 e. The number of hydrogen-bond acceptors (Lipinski definition) is 3. The van der Waals surface area contributed by atoms with E-state index in [1.165, 1.54) is 15.8 Å². The molecule has 0 aliphatic rings. The van der Waals surface area contributed by atoms with Crippen LogP contribution in [0.2, 0.25) is 0 Å². The van der Waals surface area contributed by atoms with Crippen molar-refractivity contribution in [3.8, 4) is 0 Å². The minimum Gasteiger partial charge on any atom is -0.364 e. The molecular weight excluding hydrogens is 286 g/mol. The summed E-state index contributed by atoms with van der Waals surface area (Å²) in [6.07, 6.45) is 1.65. The molecular formula is C14H17N5OS. The molecule has 2 rings (SSSR count). The second-order valence-corrected chi connectivity index (χ2v) is 5.22. The van der Waals surface area contributed by atoms with Crippen LogP contribution in [0, 0.1) is 13.8 Å². The summed E-state index contributed by atoms with van der Waals surface area (Å²) in [5, 5.41) is 10.4. The molecule has 0 unspecified atom stereocenters. The molecule has 7 heteroatoms. The van der Waals surface area contributed by atoms with Crippen molar-refractivity contribution in [3.63, 3.8) is 0 Å². The molecule has 0 atom stereocenters. The van der Waals surface area contributed by atoms with E-state index in [1.54, 1.807) is 13.2 Å². The minimum atomic E-state index is -0.605. The Morgan fingerprint density at radius 2 is 2.00 bits per heavy atom. The van der Waals surface area contributed by atoms with Crippen LogP contribution in [0.1, 0.15) is 21.6 Å². The number of benzene rings is 1. The SMILES string of the molecule is Cc1ccc(NC(=S)Nc2cn(C)nc2C(N)=O)cc1C. The average molecular weight is 303 g/mol. The molecule has 6 nitrogen and oxygen atoms in total. The largest absolute Gasteiger partial charge is 0.364 e. The summed E-state index contributed by atoms with van der Waals surface area (Å²) in [5.41, 5.74) is 9.16. The normalized spacial score (nSPS) is 10.2. The Bertz CT molecular complexity index is 707. The molecule has 0 aliphatic heterocycles. The van der Waals surface area contributed by atoms with Gasteiger partial charge in [-0.15, -0.1) is 0 Å². The van der Waals surface area contributed by atoms with Crippen molar-refractivity contribution >= 4 is 34.6 Å². The third-order valence-corrected chi connectivity index (χ3v) is 3.28. The molecule has 0 saturated heterocycles. The van der Waals surface area contributed by atoms with E-state index in [2.05, 4.69) is 15.7 Å². The van der Waals surface area contributed by atoms with Gasteiger partial charge in [0.15, 0.2) is 10.8 Å². The average Bonchev–Trinajstić information content (AvgIpc) is 2.75. The highest BCUT2D eigenvalue weighted by Gasteiger charge is 2.14. The van der Waals surface area contributed by atoms with E-state index in [-0.39, 0.29) is 5.69 Å². The zero-order chi connectivity index (χ0) is 15.6. The first-order chi connectivity index (χ1) is 9.86. The van der Waals surface area contributed by atoms with Crippen LogP contribution in [0.5, 0.6) is 0 Å². The van der Waals surface area contributed by atoms with Gasteiger partial charge in [0.1, 0.15) is 0 Å². The maximum absolute atomic E-state index is 11.3. The monoisotopic (exact) mass is 303 g/mol. The Hall–Kier alpha value is -2.41. The number of rotatable bonds is 3. The van der Waals surface area contributed by atoms with Gasteiger partial charge in [0, 0.05) is 18.9 Å².